The first-order valence-electron chi connectivity index (χ1n) is 4.28. The van der Waals surface area contributed by atoms with Gasteiger partial charge >= 0.3 is 0 Å². The van der Waals surface area contributed by atoms with Crippen molar-refractivity contribution in [1.29, 1.82) is 0 Å². The number of hydrogen-bond acceptors (Lipinski definition) is 2. The van der Waals surface area contributed by atoms with Gasteiger partial charge in [-0.2, -0.15) is 0 Å². The molecule has 0 atom stereocenters. The molecule has 0 radical (unpaired) electrons. The zero-order chi connectivity index (χ0) is 10.2. The van der Waals surface area contributed by atoms with Gasteiger partial charge in [0.05, 0.1) is 17.4 Å². The van der Waals surface area contributed by atoms with Crippen molar-refractivity contribution in [2.45, 2.75) is 18.4 Å². The Morgan fingerprint density at radius 1 is 1.64 bits per heavy atom. The molecule has 1 fully saturated rings. The van der Waals surface area contributed by atoms with Crippen molar-refractivity contribution in [3.8, 4) is 0 Å². The Labute approximate surface area is 91.4 Å². The summed E-state index contributed by atoms with van der Waals surface area (Å²) in [6.45, 7) is 0. The summed E-state index contributed by atoms with van der Waals surface area (Å²) < 4.78 is 4.83. The van der Waals surface area contributed by atoms with Crippen LogP contribution in [-0.2, 0) is 0 Å². The number of nitrogens with one attached hydrogen (secondary N) is 1. The summed E-state index contributed by atoms with van der Waals surface area (Å²) in [5.74, 6) is 0.218. The Morgan fingerprint density at radius 3 is 2.79 bits per heavy atom. The minimum atomic E-state index is -0.220. The van der Waals surface area contributed by atoms with E-state index in [1.165, 1.54) is 6.26 Å². The molecule has 0 unspecified atom stereocenters. The number of rotatable bonds is 3. The van der Waals surface area contributed by atoms with E-state index in [4.69, 9.17) is 27.6 Å². The third kappa shape index (κ3) is 1.74. The van der Waals surface area contributed by atoms with Gasteiger partial charge in [0.15, 0.2) is 0 Å². The molecule has 1 aliphatic carbocycles. The molecule has 3 nitrogen and oxygen atoms in total. The van der Waals surface area contributed by atoms with E-state index in [9.17, 15) is 4.79 Å². The van der Waals surface area contributed by atoms with Crippen LogP contribution < -0.4 is 5.32 Å². The summed E-state index contributed by atoms with van der Waals surface area (Å²) in [5.41, 5.74) is 0.155. The molecule has 1 aliphatic rings. The second kappa shape index (κ2) is 3.48. The first kappa shape index (κ1) is 9.87. The highest BCUT2D eigenvalue weighted by atomic mass is 35.5. The predicted octanol–water partition coefficient (Wildman–Crippen LogP) is 2.43. The van der Waals surface area contributed by atoms with Crippen LogP contribution in [-0.4, -0.2) is 17.3 Å². The lowest BCUT2D eigenvalue weighted by Crippen LogP contribution is -2.38. The lowest BCUT2D eigenvalue weighted by molar-refractivity contribution is 0.0935. The number of halogens is 2. The number of carbonyl (C=O) groups is 1. The molecule has 0 aliphatic heterocycles. The molecule has 76 valence electrons. The molecule has 0 aromatic carbocycles. The maximum absolute atomic E-state index is 11.6. The van der Waals surface area contributed by atoms with E-state index < -0.39 is 0 Å². The van der Waals surface area contributed by atoms with E-state index in [0.29, 0.717) is 11.4 Å². The number of carbonyl (C=O) groups excluding carboxylic acids is 1. The summed E-state index contributed by atoms with van der Waals surface area (Å²) in [4.78, 5) is 11.6. The molecule has 1 heterocycles. The topological polar surface area (TPSA) is 42.2 Å². The Bertz CT molecular complexity index is 357. The molecule has 1 aromatic rings. The minimum Gasteiger partial charge on any atom is -0.452 e. The molecule has 0 saturated heterocycles. The Balaban J connectivity index is 2.07. The van der Waals surface area contributed by atoms with E-state index in [2.05, 4.69) is 5.32 Å². The van der Waals surface area contributed by atoms with Crippen LogP contribution in [0, 0.1) is 0 Å². The smallest absolute Gasteiger partial charge is 0.256 e. The zero-order valence-corrected chi connectivity index (χ0v) is 8.86. The van der Waals surface area contributed by atoms with Crippen LogP contribution in [0.1, 0.15) is 23.2 Å². The summed E-state index contributed by atoms with van der Waals surface area (Å²) in [6, 6.07) is 1.54. The van der Waals surface area contributed by atoms with Crippen molar-refractivity contribution in [3.63, 3.8) is 0 Å². The quantitative estimate of drug-likeness (QED) is 0.816. The van der Waals surface area contributed by atoms with Gasteiger partial charge in [-0.25, -0.2) is 0 Å². The maximum Gasteiger partial charge on any atom is 0.256 e. The average molecular weight is 234 g/mol. The highest BCUT2D eigenvalue weighted by molar-refractivity contribution is 6.32. The third-order valence-electron chi connectivity index (χ3n) is 2.35. The largest absolute Gasteiger partial charge is 0.452 e. The van der Waals surface area contributed by atoms with Crippen molar-refractivity contribution in [3.05, 3.63) is 23.1 Å². The summed E-state index contributed by atoms with van der Waals surface area (Å²) in [7, 11) is 0. The fourth-order valence-electron chi connectivity index (χ4n) is 1.21. The van der Waals surface area contributed by atoms with E-state index >= 15 is 0 Å². The van der Waals surface area contributed by atoms with Gasteiger partial charge in [-0.3, -0.25) is 4.79 Å². The Kier molecular flexibility index (Phi) is 2.45. The Morgan fingerprint density at radius 2 is 2.36 bits per heavy atom. The first-order valence-corrected chi connectivity index (χ1v) is 5.20. The standard InChI is InChI=1S/C9H9Cl2NO2/c10-5-9(2-3-9)12-8(13)6-1-4-14-7(6)11/h1,4H,2-3,5H2,(H,12,13). The first-order chi connectivity index (χ1) is 6.67. The minimum absolute atomic E-state index is 0.118. The molecule has 1 aromatic heterocycles. The highest BCUT2D eigenvalue weighted by Crippen LogP contribution is 2.36. The van der Waals surface area contributed by atoms with Gasteiger partial charge in [-0.05, 0) is 30.5 Å². The monoisotopic (exact) mass is 233 g/mol. The van der Waals surface area contributed by atoms with Crippen LogP contribution >= 0.6 is 23.2 Å². The zero-order valence-electron chi connectivity index (χ0n) is 7.35. The van der Waals surface area contributed by atoms with Gasteiger partial charge in [-0.1, -0.05) is 0 Å². The summed E-state index contributed by atoms with van der Waals surface area (Å²) in [5, 5.41) is 2.96. The Hall–Kier alpha value is -0.670. The van der Waals surface area contributed by atoms with Crippen LogP contribution in [0.3, 0.4) is 0 Å². The molecule has 0 spiro atoms. The van der Waals surface area contributed by atoms with E-state index in [1.807, 2.05) is 0 Å². The van der Waals surface area contributed by atoms with Crippen LogP contribution in [0.25, 0.3) is 0 Å². The van der Waals surface area contributed by atoms with Crippen molar-refractivity contribution in [1.82, 2.24) is 5.32 Å². The predicted molar refractivity (Wildman–Crippen MR) is 53.9 cm³/mol. The van der Waals surface area contributed by atoms with Crippen LogP contribution in [0.15, 0.2) is 16.7 Å². The summed E-state index contributed by atoms with van der Waals surface area (Å²) >= 11 is 11.4. The van der Waals surface area contributed by atoms with Gasteiger partial charge in [0.2, 0.25) is 5.22 Å². The summed E-state index contributed by atoms with van der Waals surface area (Å²) in [6.07, 6.45) is 3.24. The molecular weight excluding hydrogens is 225 g/mol. The molecule has 0 bridgehead atoms. The second-order valence-corrected chi connectivity index (χ2v) is 4.09. The number of hydrogen-bond donors (Lipinski definition) is 1. The van der Waals surface area contributed by atoms with Gasteiger partial charge < -0.3 is 9.73 Å². The average Bonchev–Trinajstić information content (AvgIpc) is 2.80. The van der Waals surface area contributed by atoms with Crippen molar-refractivity contribution in [2.24, 2.45) is 0 Å². The molecule has 14 heavy (non-hydrogen) atoms. The molecule has 2 rings (SSSR count). The van der Waals surface area contributed by atoms with Gasteiger partial charge in [0, 0.05) is 5.88 Å². The number of furan rings is 1. The van der Waals surface area contributed by atoms with E-state index in [0.717, 1.165) is 12.8 Å². The van der Waals surface area contributed by atoms with Crippen LogP contribution in [0.2, 0.25) is 5.22 Å². The molecule has 1 amide bonds. The highest BCUT2D eigenvalue weighted by Gasteiger charge is 2.43. The van der Waals surface area contributed by atoms with Gasteiger partial charge in [0.1, 0.15) is 0 Å². The number of alkyl halides is 1. The molecular formula is C9H9Cl2NO2. The van der Waals surface area contributed by atoms with Crippen molar-refractivity contribution >= 4 is 29.1 Å². The molecule has 1 N–H and O–H groups in total. The fraction of sp³-hybridized carbons (Fsp3) is 0.444. The molecule has 5 heteroatoms. The van der Waals surface area contributed by atoms with Gasteiger partial charge in [-0.15, -0.1) is 11.6 Å². The second-order valence-electron chi connectivity index (χ2n) is 3.48. The lowest BCUT2D eigenvalue weighted by Gasteiger charge is -2.12. The van der Waals surface area contributed by atoms with Crippen molar-refractivity contribution < 1.29 is 9.21 Å². The molecule has 1 saturated carbocycles. The van der Waals surface area contributed by atoms with Gasteiger partial charge in [0.25, 0.3) is 5.91 Å². The lowest BCUT2D eigenvalue weighted by atomic mass is 10.2. The van der Waals surface area contributed by atoms with E-state index in [1.54, 1.807) is 6.07 Å². The number of amides is 1. The van der Waals surface area contributed by atoms with Crippen LogP contribution in [0.5, 0.6) is 0 Å². The van der Waals surface area contributed by atoms with Crippen molar-refractivity contribution in [2.75, 3.05) is 5.88 Å². The van der Waals surface area contributed by atoms with E-state index in [-0.39, 0.29) is 16.7 Å². The SMILES string of the molecule is O=C(NC1(CCl)CC1)c1ccoc1Cl. The fourth-order valence-corrected chi connectivity index (χ4v) is 1.74. The maximum atomic E-state index is 11.6. The normalized spacial score (nSPS) is 17.9. The third-order valence-corrected chi connectivity index (χ3v) is 3.15. The van der Waals surface area contributed by atoms with Crippen LogP contribution in [0.4, 0.5) is 0 Å².